The third-order valence-corrected chi connectivity index (χ3v) is 4.20. The van der Waals surface area contributed by atoms with Crippen LogP contribution in [0.3, 0.4) is 0 Å². The molecule has 0 saturated carbocycles. The number of hydrogen-bond acceptors (Lipinski definition) is 5. The van der Waals surface area contributed by atoms with E-state index in [1.807, 2.05) is 37.3 Å². The normalized spacial score (nSPS) is 13.7. The van der Waals surface area contributed by atoms with Gasteiger partial charge in [0.1, 0.15) is 6.04 Å². The fourth-order valence-corrected chi connectivity index (χ4v) is 2.66. The number of ether oxygens (including phenoxy) is 1. The van der Waals surface area contributed by atoms with E-state index in [4.69, 9.17) is 4.74 Å². The zero-order chi connectivity index (χ0) is 21.1. The van der Waals surface area contributed by atoms with Crippen molar-refractivity contribution < 1.29 is 29.0 Å². The van der Waals surface area contributed by atoms with Gasteiger partial charge < -0.3 is 20.5 Å². The molecule has 0 saturated heterocycles. The Morgan fingerprint density at radius 2 is 1.57 bits per heavy atom. The Balaban J connectivity index is 2.48. The molecule has 0 fully saturated rings. The van der Waals surface area contributed by atoms with Crippen LogP contribution < -0.4 is 10.6 Å². The van der Waals surface area contributed by atoms with E-state index in [1.54, 1.807) is 13.8 Å². The van der Waals surface area contributed by atoms with Gasteiger partial charge in [-0.2, -0.15) is 0 Å². The van der Waals surface area contributed by atoms with E-state index < -0.39 is 29.8 Å². The average molecular weight is 392 g/mol. The first-order valence-corrected chi connectivity index (χ1v) is 9.26. The number of rotatable bonds is 11. The molecule has 0 aliphatic rings. The Morgan fingerprint density at radius 3 is 2.11 bits per heavy atom. The molecular formula is C20H28N2O6. The van der Waals surface area contributed by atoms with Crippen LogP contribution in [0.25, 0.3) is 0 Å². The average Bonchev–Trinajstić information content (AvgIpc) is 2.64. The van der Waals surface area contributed by atoms with Crippen molar-refractivity contribution in [1.29, 1.82) is 0 Å². The molecule has 3 atom stereocenters. The third kappa shape index (κ3) is 8.20. The number of hydrogen-bond donors (Lipinski definition) is 3. The number of carbonyl (C=O) groups is 4. The Bertz CT molecular complexity index is 677. The molecule has 154 valence electrons. The van der Waals surface area contributed by atoms with Crippen molar-refractivity contribution in [2.45, 2.75) is 52.1 Å². The van der Waals surface area contributed by atoms with Crippen molar-refractivity contribution in [2.24, 2.45) is 5.92 Å². The van der Waals surface area contributed by atoms with E-state index >= 15 is 0 Å². The van der Waals surface area contributed by atoms with Crippen LogP contribution in [0.5, 0.6) is 0 Å². The van der Waals surface area contributed by atoms with Crippen LogP contribution in [0.1, 0.15) is 51.6 Å². The molecule has 1 rings (SSSR count). The summed E-state index contributed by atoms with van der Waals surface area (Å²) in [6.45, 7) is 5.24. The molecule has 0 aliphatic carbocycles. The molecule has 0 heterocycles. The molecule has 8 nitrogen and oxygen atoms in total. The summed E-state index contributed by atoms with van der Waals surface area (Å²) in [6, 6.07) is 7.96. The summed E-state index contributed by atoms with van der Waals surface area (Å²) >= 11 is 0. The summed E-state index contributed by atoms with van der Waals surface area (Å²) in [5, 5.41) is 14.5. The molecular weight excluding hydrogens is 364 g/mol. The fraction of sp³-hybridized carbons (Fsp3) is 0.500. The lowest BCUT2D eigenvalue weighted by Crippen LogP contribution is -2.46. The van der Waals surface area contributed by atoms with Gasteiger partial charge in [0.15, 0.2) is 0 Å². The Labute approximate surface area is 164 Å². The molecule has 0 spiro atoms. The van der Waals surface area contributed by atoms with Gasteiger partial charge in [-0.05, 0) is 25.3 Å². The van der Waals surface area contributed by atoms with Crippen LogP contribution in [0.15, 0.2) is 30.3 Å². The summed E-state index contributed by atoms with van der Waals surface area (Å²) < 4.78 is 4.80. The Morgan fingerprint density at radius 1 is 1.00 bits per heavy atom. The molecule has 0 aliphatic heterocycles. The molecule has 28 heavy (non-hydrogen) atoms. The summed E-state index contributed by atoms with van der Waals surface area (Å²) in [7, 11) is 0. The topological polar surface area (TPSA) is 122 Å². The molecule has 0 radical (unpaired) electrons. The number of nitrogens with one attached hydrogen (secondary N) is 2. The highest BCUT2D eigenvalue weighted by Gasteiger charge is 2.28. The van der Waals surface area contributed by atoms with E-state index in [-0.39, 0.29) is 37.8 Å². The van der Waals surface area contributed by atoms with Gasteiger partial charge in [-0.15, -0.1) is 0 Å². The van der Waals surface area contributed by atoms with Crippen LogP contribution >= 0.6 is 0 Å². The van der Waals surface area contributed by atoms with Crippen LogP contribution in [0.2, 0.25) is 0 Å². The fourth-order valence-electron chi connectivity index (χ4n) is 2.66. The van der Waals surface area contributed by atoms with E-state index in [0.29, 0.717) is 0 Å². The second-order valence-electron chi connectivity index (χ2n) is 6.57. The van der Waals surface area contributed by atoms with Crippen molar-refractivity contribution >= 4 is 23.8 Å². The van der Waals surface area contributed by atoms with Crippen LogP contribution in [0.4, 0.5) is 0 Å². The standard InChI is InChI=1S/C20H28N2O6/c1-4-28-18(25)12-13(2)19(20(26)27)22-17(24)11-10-16(23)21-14(3)15-8-6-5-7-9-15/h5-9,13-14,19H,4,10-12H2,1-3H3,(H,21,23)(H,22,24)(H,26,27)/t13-,14-,19+/m1/s1. The molecule has 1 aromatic rings. The largest absolute Gasteiger partial charge is 0.480 e. The SMILES string of the molecule is CCOC(=O)C[C@@H](C)[C@H](NC(=O)CCC(=O)N[C@H](C)c1ccccc1)C(=O)O. The minimum absolute atomic E-state index is 0.0679. The predicted molar refractivity (Wildman–Crippen MR) is 102 cm³/mol. The van der Waals surface area contributed by atoms with Crippen LogP contribution in [0, 0.1) is 5.92 Å². The third-order valence-electron chi connectivity index (χ3n) is 4.20. The van der Waals surface area contributed by atoms with Crippen LogP contribution in [-0.4, -0.2) is 41.5 Å². The second-order valence-corrected chi connectivity index (χ2v) is 6.57. The minimum Gasteiger partial charge on any atom is -0.480 e. The number of amides is 2. The molecule has 0 bridgehead atoms. The number of carboxylic acids is 1. The van der Waals surface area contributed by atoms with Crippen molar-refractivity contribution in [3.8, 4) is 0 Å². The summed E-state index contributed by atoms with van der Waals surface area (Å²) in [5.41, 5.74) is 0.944. The Hall–Kier alpha value is -2.90. The zero-order valence-corrected chi connectivity index (χ0v) is 16.4. The molecule has 2 amide bonds. The second kappa shape index (κ2) is 11.7. The monoisotopic (exact) mass is 392 g/mol. The van der Waals surface area contributed by atoms with Gasteiger partial charge >= 0.3 is 11.9 Å². The summed E-state index contributed by atoms with van der Waals surface area (Å²) in [5.74, 6) is -3.28. The van der Waals surface area contributed by atoms with Gasteiger partial charge in [-0.3, -0.25) is 14.4 Å². The quantitative estimate of drug-likeness (QED) is 0.494. The first-order valence-electron chi connectivity index (χ1n) is 9.26. The van der Waals surface area contributed by atoms with Crippen molar-refractivity contribution in [1.82, 2.24) is 10.6 Å². The van der Waals surface area contributed by atoms with Gasteiger partial charge in [-0.25, -0.2) is 4.79 Å². The van der Waals surface area contributed by atoms with Gasteiger partial charge in [0, 0.05) is 12.8 Å². The molecule has 3 N–H and O–H groups in total. The highest BCUT2D eigenvalue weighted by Crippen LogP contribution is 2.12. The van der Waals surface area contributed by atoms with E-state index in [0.717, 1.165) is 5.56 Å². The van der Waals surface area contributed by atoms with Crippen molar-refractivity contribution in [2.75, 3.05) is 6.61 Å². The van der Waals surface area contributed by atoms with Crippen LogP contribution in [-0.2, 0) is 23.9 Å². The minimum atomic E-state index is -1.24. The summed E-state index contributed by atoms with van der Waals surface area (Å²) in [4.78, 5) is 47.0. The van der Waals surface area contributed by atoms with E-state index in [2.05, 4.69) is 10.6 Å². The molecule has 8 heteroatoms. The maximum absolute atomic E-state index is 12.1. The van der Waals surface area contributed by atoms with Gasteiger partial charge in [0.2, 0.25) is 11.8 Å². The Kier molecular flexibility index (Phi) is 9.70. The maximum Gasteiger partial charge on any atom is 0.326 e. The lowest BCUT2D eigenvalue weighted by atomic mass is 9.98. The maximum atomic E-state index is 12.1. The van der Waals surface area contributed by atoms with Gasteiger partial charge in [-0.1, -0.05) is 37.3 Å². The lowest BCUT2D eigenvalue weighted by molar-refractivity contribution is -0.147. The lowest BCUT2D eigenvalue weighted by Gasteiger charge is -2.21. The predicted octanol–water partition coefficient (Wildman–Crippen LogP) is 1.80. The highest BCUT2D eigenvalue weighted by atomic mass is 16.5. The summed E-state index contributed by atoms with van der Waals surface area (Å²) in [6.07, 6.45) is -0.342. The smallest absolute Gasteiger partial charge is 0.326 e. The zero-order valence-electron chi connectivity index (χ0n) is 16.4. The van der Waals surface area contributed by atoms with Crippen molar-refractivity contribution in [3.05, 3.63) is 35.9 Å². The van der Waals surface area contributed by atoms with Crippen molar-refractivity contribution in [3.63, 3.8) is 0 Å². The highest BCUT2D eigenvalue weighted by molar-refractivity contribution is 5.87. The molecule has 1 aromatic carbocycles. The first-order chi connectivity index (χ1) is 13.2. The number of carbonyl (C=O) groups excluding carboxylic acids is 3. The van der Waals surface area contributed by atoms with E-state index in [9.17, 15) is 24.3 Å². The number of carboxylic acid groups (broad SMARTS) is 1. The molecule has 0 aromatic heterocycles. The number of aliphatic carboxylic acids is 1. The number of benzene rings is 1. The first kappa shape index (κ1) is 23.1. The van der Waals surface area contributed by atoms with Gasteiger partial charge in [0.05, 0.1) is 19.1 Å². The van der Waals surface area contributed by atoms with Gasteiger partial charge in [0.25, 0.3) is 0 Å². The number of esters is 1. The van der Waals surface area contributed by atoms with E-state index in [1.165, 1.54) is 0 Å². The molecule has 0 unspecified atom stereocenters.